The molecule has 0 bridgehead atoms. The molecule has 2 N–H and O–H groups in total. The molecule has 2 aliphatic heterocycles. The zero-order valence-electron chi connectivity index (χ0n) is 18.8. The topological polar surface area (TPSA) is 71.4 Å². The highest BCUT2D eigenvalue weighted by atomic mass is 35.5. The standard InChI is InChI=1S/C25H29Cl2N5O/c1-17(21-8-6-19(26)14-22(21)27)30-24-15-20(7-5-18(24)16-28)31-10-12-32(13-11-31)25(33)23-4-2-3-9-29-23/h5-8,14-15,17,23,29-30H,2-4,9-13H2,1H3. The van der Waals surface area contributed by atoms with Gasteiger partial charge in [-0.3, -0.25) is 4.79 Å². The molecule has 2 unspecified atom stereocenters. The number of nitrogens with one attached hydrogen (secondary N) is 2. The van der Waals surface area contributed by atoms with Gasteiger partial charge in [0.2, 0.25) is 5.91 Å². The number of rotatable bonds is 5. The lowest BCUT2D eigenvalue weighted by Gasteiger charge is -2.38. The number of hydrogen-bond acceptors (Lipinski definition) is 5. The summed E-state index contributed by atoms with van der Waals surface area (Å²) in [5, 5.41) is 17.6. The van der Waals surface area contributed by atoms with Crippen LogP contribution in [0.15, 0.2) is 36.4 Å². The van der Waals surface area contributed by atoms with E-state index in [1.54, 1.807) is 6.07 Å². The van der Waals surface area contributed by atoms with Gasteiger partial charge < -0.3 is 20.4 Å². The molecular formula is C25H29Cl2N5O. The van der Waals surface area contributed by atoms with Gasteiger partial charge in [-0.2, -0.15) is 5.26 Å². The fraction of sp³-hybridized carbons (Fsp3) is 0.440. The van der Waals surface area contributed by atoms with E-state index >= 15 is 0 Å². The first-order valence-electron chi connectivity index (χ1n) is 11.5. The van der Waals surface area contributed by atoms with Crippen LogP contribution in [0.4, 0.5) is 11.4 Å². The average Bonchev–Trinajstić information content (AvgIpc) is 2.84. The number of nitrogens with zero attached hydrogens (tertiary/aromatic N) is 3. The molecule has 6 nitrogen and oxygen atoms in total. The maximum atomic E-state index is 12.8. The van der Waals surface area contributed by atoms with E-state index in [-0.39, 0.29) is 18.0 Å². The van der Waals surface area contributed by atoms with Crippen molar-refractivity contribution in [3.8, 4) is 6.07 Å². The Hall–Kier alpha value is -2.46. The quantitative estimate of drug-likeness (QED) is 0.634. The molecule has 2 atom stereocenters. The summed E-state index contributed by atoms with van der Waals surface area (Å²) in [7, 11) is 0. The van der Waals surface area contributed by atoms with Gasteiger partial charge in [0.1, 0.15) is 6.07 Å². The van der Waals surface area contributed by atoms with Crippen LogP contribution >= 0.6 is 23.2 Å². The maximum absolute atomic E-state index is 12.8. The average molecular weight is 486 g/mol. The third-order valence-corrected chi connectivity index (χ3v) is 7.05. The summed E-state index contributed by atoms with van der Waals surface area (Å²) in [6, 6.07) is 13.4. The molecule has 0 aromatic heterocycles. The highest BCUT2D eigenvalue weighted by Crippen LogP contribution is 2.31. The van der Waals surface area contributed by atoms with Gasteiger partial charge in [-0.1, -0.05) is 35.7 Å². The van der Waals surface area contributed by atoms with Crippen molar-refractivity contribution in [1.82, 2.24) is 10.2 Å². The van der Waals surface area contributed by atoms with E-state index in [9.17, 15) is 10.1 Å². The van der Waals surface area contributed by atoms with E-state index < -0.39 is 0 Å². The van der Waals surface area contributed by atoms with Crippen LogP contribution in [0, 0.1) is 11.3 Å². The van der Waals surface area contributed by atoms with Gasteiger partial charge in [-0.05, 0) is 62.2 Å². The molecule has 2 saturated heterocycles. The zero-order valence-corrected chi connectivity index (χ0v) is 20.3. The molecule has 33 heavy (non-hydrogen) atoms. The van der Waals surface area contributed by atoms with E-state index in [1.165, 1.54) is 0 Å². The second-order valence-corrected chi connectivity index (χ2v) is 9.53. The Labute approximate surface area is 205 Å². The third-order valence-electron chi connectivity index (χ3n) is 6.49. The summed E-state index contributed by atoms with van der Waals surface area (Å²) >= 11 is 12.4. The van der Waals surface area contributed by atoms with Crippen LogP contribution in [0.3, 0.4) is 0 Å². The minimum absolute atomic E-state index is 0.0304. The second kappa shape index (κ2) is 10.6. The molecule has 174 valence electrons. The van der Waals surface area contributed by atoms with Crippen molar-refractivity contribution in [3.63, 3.8) is 0 Å². The number of benzene rings is 2. The summed E-state index contributed by atoms with van der Waals surface area (Å²) in [5.41, 5.74) is 3.29. The molecule has 2 fully saturated rings. The van der Waals surface area contributed by atoms with Crippen LogP contribution in [0.1, 0.15) is 43.4 Å². The van der Waals surface area contributed by atoms with Crippen LogP contribution in [0.5, 0.6) is 0 Å². The summed E-state index contributed by atoms with van der Waals surface area (Å²) in [6.45, 7) is 5.88. The highest BCUT2D eigenvalue weighted by molar-refractivity contribution is 6.35. The van der Waals surface area contributed by atoms with E-state index in [1.807, 2.05) is 42.2 Å². The minimum Gasteiger partial charge on any atom is -0.377 e. The van der Waals surface area contributed by atoms with Crippen LogP contribution in [-0.2, 0) is 4.79 Å². The SMILES string of the molecule is CC(Nc1cc(N2CCN(C(=O)C3CCCCN3)CC2)ccc1C#N)c1ccc(Cl)cc1Cl. The van der Waals surface area contributed by atoms with Crippen molar-refractivity contribution in [3.05, 3.63) is 57.6 Å². The number of amides is 1. The summed E-state index contributed by atoms with van der Waals surface area (Å²) < 4.78 is 0. The Morgan fingerprint density at radius 2 is 1.94 bits per heavy atom. The van der Waals surface area contributed by atoms with Crippen molar-refractivity contribution >= 4 is 40.5 Å². The van der Waals surface area contributed by atoms with Gasteiger partial charge in [0.05, 0.1) is 23.3 Å². The smallest absolute Gasteiger partial charge is 0.239 e. The first kappa shape index (κ1) is 23.7. The van der Waals surface area contributed by atoms with Crippen LogP contribution in [0.2, 0.25) is 10.0 Å². The Bertz CT molecular complexity index is 1040. The van der Waals surface area contributed by atoms with Gasteiger partial charge in [-0.15, -0.1) is 0 Å². The largest absolute Gasteiger partial charge is 0.377 e. The monoisotopic (exact) mass is 485 g/mol. The Balaban J connectivity index is 1.43. The number of nitriles is 1. The number of halogens is 2. The highest BCUT2D eigenvalue weighted by Gasteiger charge is 2.28. The lowest BCUT2D eigenvalue weighted by molar-refractivity contribution is -0.134. The molecule has 0 spiro atoms. The molecule has 0 radical (unpaired) electrons. The lowest BCUT2D eigenvalue weighted by Crippen LogP contribution is -2.55. The molecule has 1 amide bonds. The zero-order chi connectivity index (χ0) is 23.4. The Morgan fingerprint density at radius 1 is 1.15 bits per heavy atom. The predicted molar refractivity (Wildman–Crippen MR) is 134 cm³/mol. The lowest BCUT2D eigenvalue weighted by atomic mass is 10.0. The van der Waals surface area contributed by atoms with Crippen molar-refractivity contribution < 1.29 is 4.79 Å². The number of hydrogen-bond donors (Lipinski definition) is 2. The fourth-order valence-corrected chi connectivity index (χ4v) is 5.15. The first-order valence-corrected chi connectivity index (χ1v) is 12.2. The number of anilines is 2. The van der Waals surface area contributed by atoms with E-state index in [2.05, 4.69) is 21.6 Å². The molecule has 8 heteroatoms. The Morgan fingerprint density at radius 3 is 2.61 bits per heavy atom. The van der Waals surface area contributed by atoms with Crippen molar-refractivity contribution in [2.45, 2.75) is 38.3 Å². The van der Waals surface area contributed by atoms with Crippen molar-refractivity contribution in [2.24, 2.45) is 0 Å². The minimum atomic E-state index is -0.102. The van der Waals surface area contributed by atoms with Gasteiger partial charge in [0.15, 0.2) is 0 Å². The van der Waals surface area contributed by atoms with E-state index in [0.717, 1.165) is 55.8 Å². The van der Waals surface area contributed by atoms with E-state index in [4.69, 9.17) is 23.2 Å². The van der Waals surface area contributed by atoms with Crippen LogP contribution in [0.25, 0.3) is 0 Å². The van der Waals surface area contributed by atoms with Gasteiger partial charge in [0.25, 0.3) is 0 Å². The molecule has 2 aliphatic rings. The van der Waals surface area contributed by atoms with Crippen LogP contribution in [-0.4, -0.2) is 49.6 Å². The van der Waals surface area contributed by atoms with Crippen LogP contribution < -0.4 is 15.5 Å². The van der Waals surface area contributed by atoms with Gasteiger partial charge in [0, 0.05) is 41.9 Å². The van der Waals surface area contributed by atoms with Crippen molar-refractivity contribution in [2.75, 3.05) is 42.9 Å². The summed E-state index contributed by atoms with van der Waals surface area (Å²) in [6.07, 6.45) is 3.19. The predicted octanol–water partition coefficient (Wildman–Crippen LogP) is 4.83. The molecule has 2 aromatic carbocycles. The van der Waals surface area contributed by atoms with Crippen molar-refractivity contribution in [1.29, 1.82) is 5.26 Å². The molecular weight excluding hydrogens is 457 g/mol. The molecule has 4 rings (SSSR count). The number of piperidine rings is 1. The van der Waals surface area contributed by atoms with Gasteiger partial charge >= 0.3 is 0 Å². The molecule has 2 aromatic rings. The number of carbonyl (C=O) groups excluding carboxylic acids is 1. The third kappa shape index (κ3) is 5.55. The van der Waals surface area contributed by atoms with Gasteiger partial charge in [-0.25, -0.2) is 0 Å². The maximum Gasteiger partial charge on any atom is 0.239 e. The second-order valence-electron chi connectivity index (χ2n) is 8.69. The summed E-state index contributed by atoms with van der Waals surface area (Å²) in [4.78, 5) is 17.1. The van der Waals surface area contributed by atoms with E-state index in [0.29, 0.717) is 28.7 Å². The number of piperazine rings is 1. The molecule has 0 aliphatic carbocycles. The normalized spacial score (nSPS) is 19.6. The fourth-order valence-electron chi connectivity index (χ4n) is 4.58. The first-order chi connectivity index (χ1) is 16.0. The molecule has 0 saturated carbocycles. The Kier molecular flexibility index (Phi) is 7.64. The number of carbonyl (C=O) groups is 1. The molecule has 2 heterocycles. The summed E-state index contributed by atoms with van der Waals surface area (Å²) in [5.74, 6) is 0.227.